The van der Waals surface area contributed by atoms with Crippen LogP contribution in [0.25, 0.3) is 11.3 Å². The average Bonchev–Trinajstić information content (AvgIpc) is 3.17. The van der Waals surface area contributed by atoms with E-state index in [-0.39, 0.29) is 43.8 Å². The largest absolute Gasteiger partial charge is 0.455 e. The number of halogens is 3. The number of nitrogens with one attached hydrogen (secondary N) is 1. The minimum atomic E-state index is -0.776. The third-order valence-electron chi connectivity index (χ3n) is 3.64. The Morgan fingerprint density at radius 1 is 1.21 bits per heavy atom. The van der Waals surface area contributed by atoms with E-state index in [2.05, 4.69) is 15.5 Å². The smallest absolute Gasteiger partial charge is 0.291 e. The molecule has 1 amide bonds. The van der Waals surface area contributed by atoms with E-state index in [1.54, 1.807) is 24.3 Å². The van der Waals surface area contributed by atoms with Crippen molar-refractivity contribution in [1.29, 1.82) is 0 Å². The van der Waals surface area contributed by atoms with Crippen LogP contribution >= 0.6 is 34.8 Å². The summed E-state index contributed by atoms with van der Waals surface area (Å²) in [6.07, 6.45) is 1.20. The zero-order valence-corrected chi connectivity index (χ0v) is 16.5. The van der Waals surface area contributed by atoms with E-state index >= 15 is 0 Å². The van der Waals surface area contributed by atoms with Crippen LogP contribution in [0.1, 0.15) is 16.2 Å². The van der Waals surface area contributed by atoms with Gasteiger partial charge in [0.1, 0.15) is 16.5 Å². The Morgan fingerprint density at radius 3 is 2.66 bits per heavy atom. The predicted molar refractivity (Wildman–Crippen MR) is 110 cm³/mol. The molecule has 0 aliphatic heterocycles. The molecule has 29 heavy (non-hydrogen) atoms. The van der Waals surface area contributed by atoms with E-state index in [4.69, 9.17) is 45.0 Å². The van der Waals surface area contributed by atoms with Gasteiger partial charge in [-0.25, -0.2) is 10.4 Å². The number of rotatable bonds is 5. The lowest BCUT2D eigenvalue weighted by Gasteiger charge is -2.07. The summed E-state index contributed by atoms with van der Waals surface area (Å²) in [5.41, 5.74) is 7.74. The molecule has 2 aromatic heterocycles. The van der Waals surface area contributed by atoms with Crippen LogP contribution in [0.15, 0.2) is 45.9 Å². The fourth-order valence-corrected chi connectivity index (χ4v) is 2.89. The van der Waals surface area contributed by atoms with Crippen molar-refractivity contribution in [2.75, 3.05) is 5.73 Å². The first kappa shape index (κ1) is 20.6. The van der Waals surface area contributed by atoms with Gasteiger partial charge in [-0.05, 0) is 18.2 Å². The first-order valence-corrected chi connectivity index (χ1v) is 8.90. The predicted octanol–water partition coefficient (Wildman–Crippen LogP) is 4.56. The number of amides is 1. The molecule has 0 saturated carbocycles. The Morgan fingerprint density at radius 2 is 1.93 bits per heavy atom. The monoisotopic (exact) mass is 453 g/mol. The number of furan rings is 1. The van der Waals surface area contributed by atoms with E-state index in [1.807, 2.05) is 0 Å². The molecule has 0 aliphatic carbocycles. The normalized spacial score (nSPS) is 11.0. The highest BCUT2D eigenvalue weighted by Crippen LogP contribution is 2.34. The van der Waals surface area contributed by atoms with Crippen LogP contribution in [-0.4, -0.2) is 22.0 Å². The Labute approximate surface area is 178 Å². The lowest BCUT2D eigenvalue weighted by Crippen LogP contribution is -2.20. The molecule has 9 nitrogen and oxygen atoms in total. The second kappa shape index (κ2) is 8.48. The number of anilines is 1. The number of hydrazone groups is 1. The molecule has 2 heterocycles. The van der Waals surface area contributed by atoms with Crippen molar-refractivity contribution < 1.29 is 14.1 Å². The van der Waals surface area contributed by atoms with Crippen molar-refractivity contribution in [2.24, 2.45) is 5.10 Å². The number of pyridine rings is 1. The van der Waals surface area contributed by atoms with Crippen molar-refractivity contribution in [3.8, 4) is 11.3 Å². The summed E-state index contributed by atoms with van der Waals surface area (Å²) >= 11 is 17.6. The van der Waals surface area contributed by atoms with Gasteiger partial charge in [-0.2, -0.15) is 5.10 Å². The summed E-state index contributed by atoms with van der Waals surface area (Å²) in [7, 11) is 0. The van der Waals surface area contributed by atoms with Crippen molar-refractivity contribution in [1.82, 2.24) is 10.4 Å². The molecule has 0 unspecified atom stereocenters. The number of carbonyl (C=O) groups excluding carboxylic acids is 1. The molecule has 0 atom stereocenters. The van der Waals surface area contributed by atoms with Crippen LogP contribution in [0.4, 0.5) is 11.4 Å². The summed E-state index contributed by atoms with van der Waals surface area (Å²) < 4.78 is 5.52. The maximum atomic E-state index is 12.2. The molecule has 0 fully saturated rings. The number of nitrogen functional groups attached to an aromatic ring is 1. The van der Waals surface area contributed by atoms with Crippen LogP contribution in [0.5, 0.6) is 0 Å². The Hall–Kier alpha value is -3.14. The molecule has 0 bridgehead atoms. The van der Waals surface area contributed by atoms with Crippen LogP contribution < -0.4 is 11.2 Å². The number of nitro benzene ring substituents is 1. The molecule has 1 aromatic carbocycles. The number of nitro groups is 1. The second-order valence-electron chi connectivity index (χ2n) is 5.47. The standard InChI is InChI=1S/C17H10Cl3N5O4/c18-12-14(21)13(19)16(20)23-15(12)17(26)24-22-7-8-5-6-11(29-8)9-3-1-2-4-10(9)25(27)28/h1-7H,(H2,21,23)(H,24,26)/b22-7-. The maximum Gasteiger partial charge on any atom is 0.291 e. The van der Waals surface area contributed by atoms with Gasteiger partial charge >= 0.3 is 0 Å². The summed E-state index contributed by atoms with van der Waals surface area (Å²) in [5.74, 6) is -0.264. The summed E-state index contributed by atoms with van der Waals surface area (Å²) in [4.78, 5) is 26.6. The first-order valence-electron chi connectivity index (χ1n) is 7.76. The van der Waals surface area contributed by atoms with E-state index in [0.717, 1.165) is 0 Å². The average molecular weight is 455 g/mol. The molecular weight excluding hydrogens is 445 g/mol. The third kappa shape index (κ3) is 4.32. The van der Waals surface area contributed by atoms with Gasteiger partial charge in [0.25, 0.3) is 11.6 Å². The molecule has 0 aliphatic rings. The number of nitrogens with two attached hydrogens (primary N) is 1. The van der Waals surface area contributed by atoms with Crippen molar-refractivity contribution >= 4 is 58.3 Å². The van der Waals surface area contributed by atoms with Gasteiger partial charge in [-0.1, -0.05) is 46.9 Å². The Bertz CT molecular complexity index is 1150. The topological polar surface area (TPSA) is 137 Å². The van der Waals surface area contributed by atoms with Gasteiger partial charge in [-0.15, -0.1) is 0 Å². The molecule has 0 radical (unpaired) electrons. The van der Waals surface area contributed by atoms with Crippen LogP contribution in [0, 0.1) is 10.1 Å². The lowest BCUT2D eigenvalue weighted by atomic mass is 10.1. The van der Waals surface area contributed by atoms with Crippen molar-refractivity contribution in [2.45, 2.75) is 0 Å². The number of hydrogen-bond acceptors (Lipinski definition) is 7. The number of carbonyl (C=O) groups is 1. The molecule has 12 heteroatoms. The SMILES string of the molecule is Nc1c(Cl)c(Cl)nc(C(=O)N/N=C\c2ccc(-c3ccccc3[N+](=O)[O-])o2)c1Cl. The number of para-hydroxylation sites is 1. The molecule has 148 valence electrons. The lowest BCUT2D eigenvalue weighted by molar-refractivity contribution is -0.384. The van der Waals surface area contributed by atoms with E-state index in [0.29, 0.717) is 5.56 Å². The molecule has 0 spiro atoms. The fraction of sp³-hybridized carbons (Fsp3) is 0. The maximum absolute atomic E-state index is 12.2. The zero-order valence-electron chi connectivity index (χ0n) is 14.2. The molecule has 3 aromatic rings. The summed E-state index contributed by atoms with van der Waals surface area (Å²) in [6.45, 7) is 0. The Kier molecular flexibility index (Phi) is 6.02. The highest BCUT2D eigenvalue weighted by Gasteiger charge is 2.20. The van der Waals surface area contributed by atoms with Crippen molar-refractivity contribution in [3.05, 3.63) is 73.2 Å². The van der Waals surface area contributed by atoms with Gasteiger partial charge in [0, 0.05) is 6.07 Å². The highest BCUT2D eigenvalue weighted by molar-refractivity contribution is 6.46. The van der Waals surface area contributed by atoms with Crippen LogP contribution in [0.2, 0.25) is 15.2 Å². The summed E-state index contributed by atoms with van der Waals surface area (Å²) in [6, 6.07) is 9.21. The first-order chi connectivity index (χ1) is 13.8. The van der Waals surface area contributed by atoms with Gasteiger partial charge in [0.15, 0.2) is 10.8 Å². The van der Waals surface area contributed by atoms with E-state index < -0.39 is 10.8 Å². The summed E-state index contributed by atoms with van der Waals surface area (Å²) in [5, 5.41) is 14.5. The van der Waals surface area contributed by atoms with E-state index in [9.17, 15) is 14.9 Å². The Balaban J connectivity index is 1.76. The van der Waals surface area contributed by atoms with E-state index in [1.165, 1.54) is 18.3 Å². The second-order valence-corrected chi connectivity index (χ2v) is 6.58. The molecule has 3 N–H and O–H groups in total. The van der Waals surface area contributed by atoms with Crippen LogP contribution in [-0.2, 0) is 0 Å². The van der Waals surface area contributed by atoms with Gasteiger partial charge in [0.2, 0.25) is 0 Å². The van der Waals surface area contributed by atoms with Gasteiger partial charge in [0.05, 0.1) is 27.4 Å². The quantitative estimate of drug-likeness (QED) is 0.251. The molecule has 3 rings (SSSR count). The number of aromatic nitrogens is 1. The third-order valence-corrected chi connectivity index (χ3v) is 4.77. The minimum absolute atomic E-state index is 0.0603. The molecule has 0 saturated heterocycles. The van der Waals surface area contributed by atoms with Crippen LogP contribution in [0.3, 0.4) is 0 Å². The van der Waals surface area contributed by atoms with Crippen molar-refractivity contribution in [3.63, 3.8) is 0 Å². The molecular formula is C17H10Cl3N5O4. The minimum Gasteiger partial charge on any atom is -0.455 e. The zero-order chi connectivity index (χ0) is 21.1. The van der Waals surface area contributed by atoms with Gasteiger partial charge in [-0.3, -0.25) is 14.9 Å². The number of benzene rings is 1. The fourth-order valence-electron chi connectivity index (χ4n) is 2.30. The highest BCUT2D eigenvalue weighted by atomic mass is 35.5. The number of hydrogen-bond donors (Lipinski definition) is 2. The van der Waals surface area contributed by atoms with Gasteiger partial charge < -0.3 is 10.2 Å². The number of nitrogens with zero attached hydrogens (tertiary/aromatic N) is 3.